The summed E-state index contributed by atoms with van der Waals surface area (Å²) in [4.78, 5) is 22.8. The van der Waals surface area contributed by atoms with Gasteiger partial charge in [0.05, 0.1) is 12.5 Å². The Morgan fingerprint density at radius 1 is 1.41 bits per heavy atom. The molecule has 0 radical (unpaired) electrons. The number of amides is 2. The highest BCUT2D eigenvalue weighted by atomic mass is 16.5. The highest BCUT2D eigenvalue weighted by Crippen LogP contribution is 2.18. The monoisotopic (exact) mass is 240 g/mol. The second-order valence-electron chi connectivity index (χ2n) is 4.07. The number of allylic oxidation sites excluding steroid dienone is 1. The van der Waals surface area contributed by atoms with Crippen LogP contribution in [0.1, 0.15) is 26.2 Å². The van der Waals surface area contributed by atoms with Gasteiger partial charge in [-0.2, -0.15) is 0 Å². The van der Waals surface area contributed by atoms with Crippen molar-refractivity contribution in [3.05, 3.63) is 12.2 Å². The number of carbonyl (C=O) groups excluding carboxylic acids is 2. The molecule has 2 atom stereocenters. The van der Waals surface area contributed by atoms with Gasteiger partial charge in [-0.25, -0.2) is 0 Å². The third kappa shape index (κ3) is 4.56. The summed E-state index contributed by atoms with van der Waals surface area (Å²) in [6, 6.07) is -0.174. The molecule has 2 amide bonds. The molecule has 1 rings (SSSR count). The van der Waals surface area contributed by atoms with Crippen molar-refractivity contribution >= 4 is 11.8 Å². The fraction of sp³-hybridized carbons (Fsp3) is 0.667. The molecule has 0 aliphatic heterocycles. The number of nitrogens with one attached hydrogen (secondary N) is 1. The SMILES string of the molecule is CCOCCC(=O)N[C@@H]1CC=CC[C@H]1C(N)=O. The molecule has 0 aromatic rings. The predicted molar refractivity (Wildman–Crippen MR) is 64.1 cm³/mol. The van der Waals surface area contributed by atoms with Crippen molar-refractivity contribution in [2.45, 2.75) is 32.2 Å². The summed E-state index contributed by atoms with van der Waals surface area (Å²) in [7, 11) is 0. The van der Waals surface area contributed by atoms with Crippen molar-refractivity contribution in [2.75, 3.05) is 13.2 Å². The molecule has 17 heavy (non-hydrogen) atoms. The van der Waals surface area contributed by atoms with Crippen LogP contribution in [-0.2, 0) is 14.3 Å². The zero-order chi connectivity index (χ0) is 12.7. The standard InChI is InChI=1S/C12H20N2O3/c1-2-17-8-7-11(15)14-10-6-4-3-5-9(10)12(13)16/h3-4,9-10H,2,5-8H2,1H3,(H2,13,16)(H,14,15)/t9-,10-/m1/s1. The number of rotatable bonds is 6. The molecule has 1 aliphatic carbocycles. The first kappa shape index (κ1) is 13.7. The van der Waals surface area contributed by atoms with Gasteiger partial charge in [-0.05, 0) is 19.8 Å². The Balaban J connectivity index is 2.40. The summed E-state index contributed by atoms with van der Waals surface area (Å²) < 4.78 is 5.10. The van der Waals surface area contributed by atoms with Crippen LogP contribution in [0.4, 0.5) is 0 Å². The largest absolute Gasteiger partial charge is 0.381 e. The van der Waals surface area contributed by atoms with Crippen LogP contribution in [0.2, 0.25) is 0 Å². The molecular formula is C12H20N2O3. The molecule has 0 aromatic carbocycles. The van der Waals surface area contributed by atoms with Gasteiger partial charge in [0.25, 0.3) is 0 Å². The van der Waals surface area contributed by atoms with Gasteiger partial charge in [-0.1, -0.05) is 12.2 Å². The molecular weight excluding hydrogens is 220 g/mol. The van der Waals surface area contributed by atoms with Crippen molar-refractivity contribution in [1.82, 2.24) is 5.32 Å². The van der Waals surface area contributed by atoms with Crippen LogP contribution in [-0.4, -0.2) is 31.1 Å². The van der Waals surface area contributed by atoms with Gasteiger partial charge in [0.2, 0.25) is 11.8 Å². The van der Waals surface area contributed by atoms with Crippen LogP contribution >= 0.6 is 0 Å². The lowest BCUT2D eigenvalue weighted by atomic mass is 9.88. The van der Waals surface area contributed by atoms with Gasteiger partial charge in [0.1, 0.15) is 0 Å². The first-order valence-corrected chi connectivity index (χ1v) is 5.96. The summed E-state index contributed by atoms with van der Waals surface area (Å²) in [5.74, 6) is -0.745. The Bertz CT molecular complexity index is 302. The van der Waals surface area contributed by atoms with E-state index in [4.69, 9.17) is 10.5 Å². The minimum atomic E-state index is -0.357. The van der Waals surface area contributed by atoms with Crippen molar-refractivity contribution in [2.24, 2.45) is 11.7 Å². The second-order valence-corrected chi connectivity index (χ2v) is 4.07. The summed E-state index contributed by atoms with van der Waals surface area (Å²) in [5, 5.41) is 2.84. The normalized spacial score (nSPS) is 23.4. The molecule has 0 spiro atoms. The zero-order valence-corrected chi connectivity index (χ0v) is 10.1. The molecule has 0 saturated heterocycles. The Morgan fingerprint density at radius 3 is 2.76 bits per heavy atom. The van der Waals surface area contributed by atoms with E-state index < -0.39 is 0 Å². The van der Waals surface area contributed by atoms with Crippen LogP contribution in [0, 0.1) is 5.92 Å². The van der Waals surface area contributed by atoms with E-state index >= 15 is 0 Å². The summed E-state index contributed by atoms with van der Waals surface area (Å²) >= 11 is 0. The molecule has 1 aliphatic rings. The third-order valence-electron chi connectivity index (χ3n) is 2.82. The van der Waals surface area contributed by atoms with E-state index in [2.05, 4.69) is 5.32 Å². The highest BCUT2D eigenvalue weighted by Gasteiger charge is 2.28. The Morgan fingerprint density at radius 2 is 2.12 bits per heavy atom. The van der Waals surface area contributed by atoms with Gasteiger partial charge in [-0.15, -0.1) is 0 Å². The summed E-state index contributed by atoms with van der Waals surface area (Å²) in [5.41, 5.74) is 5.31. The van der Waals surface area contributed by atoms with Crippen LogP contribution in [0.25, 0.3) is 0 Å². The molecule has 0 bridgehead atoms. The maximum atomic E-state index is 11.6. The smallest absolute Gasteiger partial charge is 0.222 e. The molecule has 0 aromatic heterocycles. The average Bonchev–Trinajstić information content (AvgIpc) is 2.29. The summed E-state index contributed by atoms with van der Waals surface area (Å²) in [6.45, 7) is 2.89. The lowest BCUT2D eigenvalue weighted by Crippen LogP contribution is -2.46. The van der Waals surface area contributed by atoms with Gasteiger partial charge in [-0.3, -0.25) is 9.59 Å². The highest BCUT2D eigenvalue weighted by molar-refractivity contribution is 5.80. The first-order chi connectivity index (χ1) is 8.15. The Kier molecular flexibility index (Phi) is 5.69. The number of primary amides is 1. The molecule has 5 heteroatoms. The van der Waals surface area contributed by atoms with E-state index in [0.717, 1.165) is 0 Å². The van der Waals surface area contributed by atoms with E-state index in [1.54, 1.807) is 0 Å². The predicted octanol–water partition coefficient (Wildman–Crippen LogP) is 0.349. The molecule has 0 saturated carbocycles. The number of hydrogen-bond donors (Lipinski definition) is 2. The Hall–Kier alpha value is -1.36. The summed E-state index contributed by atoms with van der Waals surface area (Å²) in [6.07, 6.45) is 5.48. The Labute approximate surface area is 101 Å². The van der Waals surface area contributed by atoms with Crippen LogP contribution < -0.4 is 11.1 Å². The van der Waals surface area contributed by atoms with Crippen LogP contribution in [0.15, 0.2) is 12.2 Å². The van der Waals surface area contributed by atoms with Gasteiger partial charge < -0.3 is 15.8 Å². The molecule has 5 nitrogen and oxygen atoms in total. The van der Waals surface area contributed by atoms with E-state index in [1.807, 2.05) is 19.1 Å². The van der Waals surface area contributed by atoms with Gasteiger partial charge in [0, 0.05) is 19.1 Å². The molecule has 0 unspecified atom stereocenters. The lowest BCUT2D eigenvalue weighted by molar-refractivity contribution is -0.125. The average molecular weight is 240 g/mol. The fourth-order valence-electron chi connectivity index (χ4n) is 1.88. The minimum absolute atomic E-state index is 0.0926. The van der Waals surface area contributed by atoms with Crippen LogP contribution in [0.3, 0.4) is 0 Å². The number of ether oxygens (including phenoxy) is 1. The topological polar surface area (TPSA) is 81.4 Å². The third-order valence-corrected chi connectivity index (χ3v) is 2.82. The molecule has 3 N–H and O–H groups in total. The van der Waals surface area contributed by atoms with Crippen LogP contribution in [0.5, 0.6) is 0 Å². The molecule has 0 heterocycles. The molecule has 96 valence electrons. The quantitative estimate of drug-likeness (QED) is 0.519. The zero-order valence-electron chi connectivity index (χ0n) is 10.1. The van der Waals surface area contributed by atoms with E-state index in [1.165, 1.54) is 0 Å². The number of nitrogens with two attached hydrogens (primary N) is 1. The second kappa shape index (κ2) is 7.06. The first-order valence-electron chi connectivity index (χ1n) is 5.96. The van der Waals surface area contributed by atoms with E-state index in [-0.39, 0.29) is 23.8 Å². The van der Waals surface area contributed by atoms with Crippen molar-refractivity contribution in [1.29, 1.82) is 0 Å². The van der Waals surface area contributed by atoms with Crippen molar-refractivity contribution < 1.29 is 14.3 Å². The van der Waals surface area contributed by atoms with Gasteiger partial charge >= 0.3 is 0 Å². The van der Waals surface area contributed by atoms with Crippen molar-refractivity contribution in [3.63, 3.8) is 0 Å². The fourth-order valence-corrected chi connectivity index (χ4v) is 1.88. The van der Waals surface area contributed by atoms with Gasteiger partial charge in [0.15, 0.2) is 0 Å². The molecule has 0 fully saturated rings. The maximum Gasteiger partial charge on any atom is 0.222 e. The number of carbonyl (C=O) groups is 2. The lowest BCUT2D eigenvalue weighted by Gasteiger charge is -2.26. The van der Waals surface area contributed by atoms with E-state index in [0.29, 0.717) is 32.5 Å². The minimum Gasteiger partial charge on any atom is -0.381 e. The number of hydrogen-bond acceptors (Lipinski definition) is 3. The van der Waals surface area contributed by atoms with E-state index in [9.17, 15) is 9.59 Å². The maximum absolute atomic E-state index is 11.6. The van der Waals surface area contributed by atoms with Crippen molar-refractivity contribution in [3.8, 4) is 0 Å².